The first-order valence-electron chi connectivity index (χ1n) is 5.93. The number of benzene rings is 1. The number of nitrogens with one attached hydrogen (secondary N) is 1. The molecule has 0 fully saturated rings. The highest BCUT2D eigenvalue weighted by atomic mass is 19.2. The molecule has 1 rings (SSSR count). The fourth-order valence-corrected chi connectivity index (χ4v) is 1.50. The quantitative estimate of drug-likeness (QED) is 0.841. The number of halogens is 2. The van der Waals surface area contributed by atoms with Crippen LogP contribution in [-0.4, -0.2) is 6.04 Å². The molecule has 0 saturated heterocycles. The molecular formula is C14H21F2N. The molecule has 0 heterocycles. The van der Waals surface area contributed by atoms with E-state index in [9.17, 15) is 8.78 Å². The minimum Gasteiger partial charge on any atom is -0.307 e. The zero-order valence-electron chi connectivity index (χ0n) is 11.1. The monoisotopic (exact) mass is 241 g/mol. The van der Waals surface area contributed by atoms with E-state index in [0.717, 1.165) is 5.56 Å². The maximum absolute atomic E-state index is 13.1. The zero-order valence-corrected chi connectivity index (χ0v) is 11.1. The Balaban J connectivity index is 2.76. The second-order valence-corrected chi connectivity index (χ2v) is 5.65. The van der Waals surface area contributed by atoms with Crippen molar-refractivity contribution in [2.75, 3.05) is 0 Å². The second kappa shape index (κ2) is 5.13. The van der Waals surface area contributed by atoms with Crippen molar-refractivity contribution >= 4 is 0 Å². The molecule has 96 valence electrons. The lowest BCUT2D eigenvalue weighted by molar-refractivity contribution is 0.268. The highest BCUT2D eigenvalue weighted by Gasteiger charge is 2.22. The molecule has 0 spiro atoms. The van der Waals surface area contributed by atoms with Crippen LogP contribution in [-0.2, 0) is 0 Å². The Labute approximate surface area is 102 Å². The van der Waals surface area contributed by atoms with Crippen molar-refractivity contribution in [3.8, 4) is 0 Å². The molecule has 0 aromatic heterocycles. The van der Waals surface area contributed by atoms with Gasteiger partial charge in [-0.05, 0) is 37.0 Å². The van der Waals surface area contributed by atoms with E-state index in [0.29, 0.717) is 0 Å². The summed E-state index contributed by atoms with van der Waals surface area (Å²) in [6.07, 6.45) is 0. The van der Waals surface area contributed by atoms with E-state index >= 15 is 0 Å². The molecule has 0 bridgehead atoms. The summed E-state index contributed by atoms with van der Waals surface area (Å²) in [5.74, 6) is -1.59. The zero-order chi connectivity index (χ0) is 13.2. The van der Waals surface area contributed by atoms with E-state index in [1.54, 1.807) is 6.07 Å². The van der Waals surface area contributed by atoms with Crippen molar-refractivity contribution in [2.45, 2.75) is 46.7 Å². The molecule has 0 aliphatic heterocycles. The van der Waals surface area contributed by atoms with E-state index in [1.807, 2.05) is 6.92 Å². The molecule has 3 heteroatoms. The summed E-state index contributed by atoms with van der Waals surface area (Å²) in [7, 11) is 0. The third-order valence-electron chi connectivity index (χ3n) is 3.24. The van der Waals surface area contributed by atoms with E-state index in [2.05, 4.69) is 33.0 Å². The van der Waals surface area contributed by atoms with E-state index in [-0.39, 0.29) is 17.5 Å². The van der Waals surface area contributed by atoms with Gasteiger partial charge in [0.1, 0.15) is 0 Å². The van der Waals surface area contributed by atoms with E-state index < -0.39 is 11.6 Å². The van der Waals surface area contributed by atoms with Crippen molar-refractivity contribution in [3.63, 3.8) is 0 Å². The summed E-state index contributed by atoms with van der Waals surface area (Å²) in [5.41, 5.74) is 0.896. The Morgan fingerprint density at radius 3 is 2.12 bits per heavy atom. The first kappa shape index (κ1) is 14.1. The van der Waals surface area contributed by atoms with Crippen LogP contribution in [0.2, 0.25) is 0 Å². The fourth-order valence-electron chi connectivity index (χ4n) is 1.50. The van der Waals surface area contributed by atoms with Crippen LogP contribution < -0.4 is 5.32 Å². The van der Waals surface area contributed by atoms with Crippen LogP contribution in [0.15, 0.2) is 18.2 Å². The maximum atomic E-state index is 13.1. The lowest BCUT2D eigenvalue weighted by Crippen LogP contribution is -2.39. The second-order valence-electron chi connectivity index (χ2n) is 5.65. The van der Waals surface area contributed by atoms with Gasteiger partial charge in [-0.2, -0.15) is 0 Å². The van der Waals surface area contributed by atoms with Gasteiger partial charge < -0.3 is 5.32 Å². The molecular weight excluding hydrogens is 220 g/mol. The summed E-state index contributed by atoms with van der Waals surface area (Å²) in [6.45, 7) is 10.5. The van der Waals surface area contributed by atoms with Crippen LogP contribution in [0.3, 0.4) is 0 Å². The van der Waals surface area contributed by atoms with Crippen LogP contribution in [0, 0.1) is 17.0 Å². The third-order valence-corrected chi connectivity index (χ3v) is 3.24. The average Bonchev–Trinajstić information content (AvgIpc) is 2.20. The minimum absolute atomic E-state index is 0.000625. The predicted octanol–water partition coefficient (Wildman–Crippen LogP) is 4.05. The van der Waals surface area contributed by atoms with Gasteiger partial charge in [0.2, 0.25) is 0 Å². The lowest BCUT2D eigenvalue weighted by atomic mass is 9.87. The number of hydrogen-bond donors (Lipinski definition) is 1. The summed E-state index contributed by atoms with van der Waals surface area (Å²) in [4.78, 5) is 0. The van der Waals surface area contributed by atoms with Crippen molar-refractivity contribution in [3.05, 3.63) is 35.4 Å². The van der Waals surface area contributed by atoms with Crippen LogP contribution in [0.25, 0.3) is 0 Å². The molecule has 1 N–H and O–H groups in total. The molecule has 2 unspecified atom stereocenters. The molecule has 1 aromatic carbocycles. The molecule has 0 amide bonds. The van der Waals surface area contributed by atoms with Gasteiger partial charge in [0, 0.05) is 12.1 Å². The van der Waals surface area contributed by atoms with Gasteiger partial charge in [-0.3, -0.25) is 0 Å². The van der Waals surface area contributed by atoms with Crippen LogP contribution in [0.1, 0.15) is 46.2 Å². The molecule has 1 aromatic rings. The van der Waals surface area contributed by atoms with Gasteiger partial charge in [-0.25, -0.2) is 8.78 Å². The highest BCUT2D eigenvalue weighted by molar-refractivity contribution is 5.20. The van der Waals surface area contributed by atoms with Gasteiger partial charge in [-0.1, -0.05) is 26.8 Å². The maximum Gasteiger partial charge on any atom is 0.159 e. The number of rotatable bonds is 3. The molecule has 1 nitrogen and oxygen atoms in total. The Morgan fingerprint density at radius 1 is 1.06 bits per heavy atom. The van der Waals surface area contributed by atoms with Crippen LogP contribution in [0.4, 0.5) is 8.78 Å². The molecule has 0 radical (unpaired) electrons. The molecule has 0 aliphatic rings. The summed E-state index contributed by atoms with van der Waals surface area (Å²) in [5, 5.41) is 3.39. The summed E-state index contributed by atoms with van der Waals surface area (Å²) >= 11 is 0. The Bertz CT molecular complexity index is 382. The van der Waals surface area contributed by atoms with Gasteiger partial charge in [-0.15, -0.1) is 0 Å². The van der Waals surface area contributed by atoms with Crippen molar-refractivity contribution < 1.29 is 8.78 Å². The Kier molecular flexibility index (Phi) is 4.26. The van der Waals surface area contributed by atoms with Crippen molar-refractivity contribution in [1.29, 1.82) is 0 Å². The van der Waals surface area contributed by atoms with Crippen LogP contribution in [0.5, 0.6) is 0 Å². The number of hydrogen-bond acceptors (Lipinski definition) is 1. The third kappa shape index (κ3) is 3.77. The minimum atomic E-state index is -0.801. The topological polar surface area (TPSA) is 12.0 Å². The first-order chi connectivity index (χ1) is 7.71. The normalized spacial score (nSPS) is 15.7. The standard InChI is InChI=1S/C14H21F2N/c1-9(17-10(2)14(3,4)5)11-6-7-12(15)13(16)8-11/h6-10,17H,1-5H3. The largest absolute Gasteiger partial charge is 0.307 e. The van der Waals surface area contributed by atoms with Gasteiger partial charge in [0.05, 0.1) is 0 Å². The molecule has 17 heavy (non-hydrogen) atoms. The van der Waals surface area contributed by atoms with Gasteiger partial charge >= 0.3 is 0 Å². The molecule has 2 atom stereocenters. The summed E-state index contributed by atoms with van der Waals surface area (Å²) in [6, 6.07) is 4.32. The predicted molar refractivity (Wildman–Crippen MR) is 66.8 cm³/mol. The fraction of sp³-hybridized carbons (Fsp3) is 0.571. The van der Waals surface area contributed by atoms with Gasteiger partial charge in [0.25, 0.3) is 0 Å². The summed E-state index contributed by atoms with van der Waals surface area (Å²) < 4.78 is 25.9. The lowest BCUT2D eigenvalue weighted by Gasteiger charge is -2.31. The van der Waals surface area contributed by atoms with E-state index in [4.69, 9.17) is 0 Å². The first-order valence-corrected chi connectivity index (χ1v) is 5.93. The van der Waals surface area contributed by atoms with Gasteiger partial charge in [0.15, 0.2) is 11.6 Å². The smallest absolute Gasteiger partial charge is 0.159 e. The SMILES string of the molecule is CC(NC(C)C(C)(C)C)c1ccc(F)c(F)c1. The Morgan fingerprint density at radius 2 is 1.65 bits per heavy atom. The molecule has 0 aliphatic carbocycles. The Hall–Kier alpha value is -0.960. The average molecular weight is 241 g/mol. The van der Waals surface area contributed by atoms with Crippen molar-refractivity contribution in [1.82, 2.24) is 5.32 Å². The molecule has 0 saturated carbocycles. The van der Waals surface area contributed by atoms with Crippen molar-refractivity contribution in [2.24, 2.45) is 5.41 Å². The van der Waals surface area contributed by atoms with E-state index in [1.165, 1.54) is 12.1 Å². The van der Waals surface area contributed by atoms with Crippen LogP contribution >= 0.6 is 0 Å². The highest BCUT2D eigenvalue weighted by Crippen LogP contribution is 2.23.